The largest absolute Gasteiger partial charge is 0.337 e. The minimum absolute atomic E-state index is 0.0408. The Morgan fingerprint density at radius 3 is 1.20 bits per heavy atom. The van der Waals surface area contributed by atoms with Gasteiger partial charge in [0.05, 0.1) is 12.1 Å². The normalized spacial score (nSPS) is 20.2. The average Bonchev–Trinajstić information content (AvgIpc) is 4.06. The molecule has 66 heavy (non-hydrogen) atoms. The van der Waals surface area contributed by atoms with Gasteiger partial charge in [-0.05, 0) is 123 Å². The fourth-order valence-corrected chi connectivity index (χ4v) is 11.3. The van der Waals surface area contributed by atoms with Crippen molar-refractivity contribution < 1.29 is 19.2 Å². The third kappa shape index (κ3) is 11.8. The van der Waals surface area contributed by atoms with Gasteiger partial charge in [-0.3, -0.25) is 19.2 Å². The van der Waals surface area contributed by atoms with Crippen LogP contribution in [0.25, 0.3) is 11.1 Å². The van der Waals surface area contributed by atoms with E-state index in [9.17, 15) is 19.2 Å². The molecule has 10 heteroatoms. The summed E-state index contributed by atoms with van der Waals surface area (Å²) in [6, 6.07) is 34.9. The fraction of sp³-hybridized carbons (Fsp3) is 0.500. The Balaban J connectivity index is 0.945. The van der Waals surface area contributed by atoms with Crippen molar-refractivity contribution >= 4 is 23.6 Å². The molecule has 2 heterocycles. The summed E-state index contributed by atoms with van der Waals surface area (Å²) in [5.74, 6) is 0.449. The first-order valence-electron chi connectivity index (χ1n) is 25.2. The van der Waals surface area contributed by atoms with E-state index in [-0.39, 0.29) is 47.5 Å². The second-order valence-electron chi connectivity index (χ2n) is 19.6. The first-order chi connectivity index (χ1) is 32.2. The zero-order valence-electron chi connectivity index (χ0n) is 39.0. The molecule has 4 aliphatic rings. The summed E-state index contributed by atoms with van der Waals surface area (Å²) in [4.78, 5) is 64.3. The lowest BCUT2D eigenvalue weighted by Crippen LogP contribution is -2.52. The van der Waals surface area contributed by atoms with Gasteiger partial charge in [0.1, 0.15) is 0 Å². The Morgan fingerprint density at radius 2 is 0.833 bits per heavy atom. The van der Waals surface area contributed by atoms with Gasteiger partial charge in [0.2, 0.25) is 11.8 Å². The Hall–Kier alpha value is -5.32. The average molecular weight is 893 g/mol. The quantitative estimate of drug-likeness (QED) is 0.109. The first-order valence-corrected chi connectivity index (χ1v) is 25.2. The molecule has 4 amide bonds. The molecule has 0 spiro atoms. The third-order valence-electron chi connectivity index (χ3n) is 15.3. The number of nitrogens with two attached hydrogens (primary N) is 2. The summed E-state index contributed by atoms with van der Waals surface area (Å²) in [7, 11) is 0. The Morgan fingerprint density at radius 1 is 0.470 bits per heavy atom. The number of carbonyl (C=O) groups is 4. The van der Waals surface area contributed by atoms with E-state index in [4.69, 9.17) is 11.5 Å². The predicted octanol–water partition coefficient (Wildman–Crippen LogP) is 8.52. The first kappa shape index (κ1) is 47.2. The zero-order chi connectivity index (χ0) is 45.8. The molecule has 0 unspecified atom stereocenters. The van der Waals surface area contributed by atoms with Crippen LogP contribution in [0, 0.1) is 11.8 Å². The van der Waals surface area contributed by atoms with Gasteiger partial charge in [-0.25, -0.2) is 0 Å². The van der Waals surface area contributed by atoms with E-state index in [2.05, 4.69) is 24.3 Å². The number of benzene rings is 4. The molecule has 2 saturated heterocycles. The van der Waals surface area contributed by atoms with Crippen molar-refractivity contribution in [2.75, 3.05) is 39.3 Å². The number of nitrogens with zero attached hydrogens (tertiary/aromatic N) is 4. The van der Waals surface area contributed by atoms with Crippen molar-refractivity contribution in [1.29, 1.82) is 0 Å². The number of carbonyl (C=O) groups excluding carboxylic acids is 4. The Bertz CT molecular complexity index is 2030. The van der Waals surface area contributed by atoms with Crippen molar-refractivity contribution in [3.8, 4) is 11.1 Å². The van der Waals surface area contributed by atoms with Gasteiger partial charge >= 0.3 is 0 Å². The number of hydrogen-bond acceptors (Lipinski definition) is 6. The maximum absolute atomic E-state index is 14.4. The van der Waals surface area contributed by atoms with Gasteiger partial charge in [-0.1, -0.05) is 123 Å². The Labute approximate surface area is 393 Å². The molecule has 2 aliphatic carbocycles. The molecule has 4 aromatic rings. The van der Waals surface area contributed by atoms with Crippen LogP contribution in [0.15, 0.2) is 109 Å². The van der Waals surface area contributed by atoms with Gasteiger partial charge in [0.15, 0.2) is 0 Å². The smallest absolute Gasteiger partial charge is 0.253 e. The van der Waals surface area contributed by atoms with Gasteiger partial charge in [-0.2, -0.15) is 0 Å². The molecular weight excluding hydrogens is 821 g/mol. The van der Waals surface area contributed by atoms with Gasteiger partial charge in [-0.15, -0.1) is 0 Å². The third-order valence-corrected chi connectivity index (χ3v) is 15.3. The maximum Gasteiger partial charge on any atom is 0.253 e. The summed E-state index contributed by atoms with van der Waals surface area (Å²) in [6.45, 7) is 3.39. The van der Waals surface area contributed by atoms with Crippen LogP contribution >= 0.6 is 0 Å². The van der Waals surface area contributed by atoms with Gasteiger partial charge in [0, 0.05) is 62.5 Å². The van der Waals surface area contributed by atoms with Crippen molar-refractivity contribution in [3.63, 3.8) is 0 Å². The zero-order valence-corrected chi connectivity index (χ0v) is 39.0. The number of rotatable bonds is 17. The van der Waals surface area contributed by atoms with Gasteiger partial charge in [0.25, 0.3) is 11.8 Å². The summed E-state index contributed by atoms with van der Waals surface area (Å²) in [5, 5.41) is 0. The van der Waals surface area contributed by atoms with Crippen molar-refractivity contribution in [3.05, 3.63) is 131 Å². The van der Waals surface area contributed by atoms with Crippen LogP contribution in [0.4, 0.5) is 0 Å². The standard InChI is InChI=1S/C56H72N6O4/c57-51(45-19-9-3-10-20-45)55(65)61-35-13-23-49(61)39-59(37-33-41-15-5-1-6-16-41)53(63)47-29-25-43(26-30-47)44-27-31-48(32-28-44)54(64)60(38-34-42-17-7-2-8-18-42)40-50-24-14-36-62(50)56(66)52(58)46-21-11-4-12-22-46/h1-2,5-8,15-18,25-32,45-46,49-52H,3-4,9-14,19-24,33-40,57-58H2/t49-,50-,51-,52-/m0/s1. The summed E-state index contributed by atoms with van der Waals surface area (Å²) in [5.41, 5.74) is 18.7. The minimum atomic E-state index is -0.479. The highest BCUT2D eigenvalue weighted by molar-refractivity contribution is 5.96. The lowest BCUT2D eigenvalue weighted by atomic mass is 9.83. The van der Waals surface area contributed by atoms with Crippen molar-refractivity contribution in [1.82, 2.24) is 19.6 Å². The molecule has 0 bridgehead atoms. The summed E-state index contributed by atoms with van der Waals surface area (Å²) in [6.07, 6.45) is 16.0. The molecule has 2 aliphatic heterocycles. The lowest BCUT2D eigenvalue weighted by molar-refractivity contribution is -0.136. The molecule has 2 saturated carbocycles. The topological polar surface area (TPSA) is 133 Å². The van der Waals surface area contributed by atoms with E-state index in [0.29, 0.717) is 63.2 Å². The van der Waals surface area contributed by atoms with Crippen LogP contribution in [-0.2, 0) is 22.4 Å². The predicted molar refractivity (Wildman–Crippen MR) is 263 cm³/mol. The maximum atomic E-state index is 14.4. The van der Waals surface area contributed by atoms with E-state index in [1.807, 2.05) is 105 Å². The highest BCUT2D eigenvalue weighted by Crippen LogP contribution is 2.31. The highest BCUT2D eigenvalue weighted by atomic mass is 16.2. The number of hydrogen-bond donors (Lipinski definition) is 2. The molecule has 0 radical (unpaired) electrons. The molecule has 8 rings (SSSR count). The minimum Gasteiger partial charge on any atom is -0.337 e. The van der Waals surface area contributed by atoms with E-state index in [1.165, 1.54) is 12.8 Å². The molecule has 4 N–H and O–H groups in total. The highest BCUT2D eigenvalue weighted by Gasteiger charge is 2.38. The van der Waals surface area contributed by atoms with Crippen LogP contribution in [0.1, 0.15) is 122 Å². The van der Waals surface area contributed by atoms with E-state index >= 15 is 0 Å². The Kier molecular flexibility index (Phi) is 16.4. The summed E-state index contributed by atoms with van der Waals surface area (Å²) < 4.78 is 0. The van der Waals surface area contributed by atoms with Crippen LogP contribution in [0.5, 0.6) is 0 Å². The van der Waals surface area contributed by atoms with Crippen molar-refractivity contribution in [2.24, 2.45) is 23.3 Å². The molecule has 10 nitrogen and oxygen atoms in total. The SMILES string of the molecule is N[C@H](C(=O)N1CCC[C@H]1CN(CCc1ccccc1)C(=O)c1ccc(-c2ccc(C(=O)N(CCc3ccccc3)C[C@@H]3CCCN3C(=O)[C@@H](N)C3CCCCC3)cc2)cc1)C1CCCCC1. The molecule has 0 aromatic heterocycles. The second-order valence-corrected chi connectivity index (χ2v) is 19.6. The number of likely N-dealkylation sites (tertiary alicyclic amines) is 2. The fourth-order valence-electron chi connectivity index (χ4n) is 11.3. The second kappa shape index (κ2) is 22.9. The van der Waals surface area contributed by atoms with E-state index in [1.54, 1.807) is 0 Å². The van der Waals surface area contributed by atoms with E-state index < -0.39 is 12.1 Å². The van der Waals surface area contributed by atoms with Gasteiger partial charge < -0.3 is 31.1 Å². The lowest BCUT2D eigenvalue weighted by Gasteiger charge is -2.35. The van der Waals surface area contributed by atoms with Crippen LogP contribution in [-0.4, -0.2) is 107 Å². The molecule has 4 atom stereocenters. The molecule has 350 valence electrons. The van der Waals surface area contributed by atoms with E-state index in [0.717, 1.165) is 99.3 Å². The number of amides is 4. The van der Waals surface area contributed by atoms with Crippen molar-refractivity contribution in [2.45, 2.75) is 127 Å². The van der Waals surface area contributed by atoms with Crippen LogP contribution < -0.4 is 11.5 Å². The summed E-state index contributed by atoms with van der Waals surface area (Å²) >= 11 is 0. The van der Waals surface area contributed by atoms with Crippen LogP contribution in [0.3, 0.4) is 0 Å². The van der Waals surface area contributed by atoms with Crippen LogP contribution in [0.2, 0.25) is 0 Å². The molecular formula is C56H72N6O4. The molecule has 4 aromatic carbocycles. The monoisotopic (exact) mass is 893 g/mol. The molecule has 4 fully saturated rings.